The first-order valence-corrected chi connectivity index (χ1v) is 6.09. The maximum Gasteiger partial charge on any atom is 0.303 e. The molecule has 5 heteroatoms. The second kappa shape index (κ2) is 7.17. The zero-order valence-corrected chi connectivity index (χ0v) is 10.8. The van der Waals surface area contributed by atoms with Crippen molar-refractivity contribution in [2.24, 2.45) is 0 Å². The van der Waals surface area contributed by atoms with Gasteiger partial charge in [0.2, 0.25) is 0 Å². The van der Waals surface area contributed by atoms with Gasteiger partial charge in [0, 0.05) is 25.1 Å². The SMILES string of the molecule is CCN(CCCC(=O)O)C(=O)c1ccc(C#N)cc1. The van der Waals surface area contributed by atoms with Crippen LogP contribution in [0.25, 0.3) is 0 Å². The Kier molecular flexibility index (Phi) is 5.55. The fourth-order valence-corrected chi connectivity index (χ4v) is 1.69. The molecule has 0 aliphatic rings. The average Bonchev–Trinajstić information content (AvgIpc) is 2.43. The molecule has 19 heavy (non-hydrogen) atoms. The Hall–Kier alpha value is -2.35. The molecule has 100 valence electrons. The van der Waals surface area contributed by atoms with Gasteiger partial charge in [0.15, 0.2) is 0 Å². The highest BCUT2D eigenvalue weighted by atomic mass is 16.4. The van der Waals surface area contributed by atoms with Gasteiger partial charge >= 0.3 is 5.97 Å². The van der Waals surface area contributed by atoms with Crippen LogP contribution in [0.3, 0.4) is 0 Å². The molecule has 1 rings (SSSR count). The summed E-state index contributed by atoms with van der Waals surface area (Å²) in [5.41, 5.74) is 1.02. The summed E-state index contributed by atoms with van der Waals surface area (Å²) in [6.45, 7) is 2.79. The number of benzene rings is 1. The van der Waals surface area contributed by atoms with Gasteiger partial charge in [-0.25, -0.2) is 0 Å². The summed E-state index contributed by atoms with van der Waals surface area (Å²) in [7, 11) is 0. The van der Waals surface area contributed by atoms with Crippen LogP contribution in [0.15, 0.2) is 24.3 Å². The van der Waals surface area contributed by atoms with Crippen LogP contribution in [-0.2, 0) is 4.79 Å². The molecule has 0 aliphatic carbocycles. The number of nitriles is 1. The lowest BCUT2D eigenvalue weighted by Crippen LogP contribution is -2.32. The van der Waals surface area contributed by atoms with Crippen LogP contribution >= 0.6 is 0 Å². The number of aliphatic carboxylic acids is 1. The number of nitrogens with zero attached hydrogens (tertiary/aromatic N) is 2. The van der Waals surface area contributed by atoms with E-state index in [-0.39, 0.29) is 12.3 Å². The lowest BCUT2D eigenvalue weighted by molar-refractivity contribution is -0.137. The Bertz CT molecular complexity index is 488. The van der Waals surface area contributed by atoms with Gasteiger partial charge in [-0.2, -0.15) is 5.26 Å². The van der Waals surface area contributed by atoms with E-state index in [1.54, 1.807) is 29.2 Å². The van der Waals surface area contributed by atoms with Crippen molar-refractivity contribution in [3.63, 3.8) is 0 Å². The molecule has 1 aromatic carbocycles. The predicted octanol–water partition coefficient (Wildman–Crippen LogP) is 1.89. The molecule has 1 aromatic rings. The Morgan fingerprint density at radius 2 is 1.95 bits per heavy atom. The van der Waals surface area contributed by atoms with Gasteiger partial charge in [-0.05, 0) is 37.6 Å². The summed E-state index contributed by atoms with van der Waals surface area (Å²) in [5, 5.41) is 17.3. The van der Waals surface area contributed by atoms with Crippen LogP contribution < -0.4 is 0 Å². The molecule has 0 radical (unpaired) electrons. The molecular weight excluding hydrogens is 244 g/mol. The van der Waals surface area contributed by atoms with E-state index in [0.717, 1.165) is 0 Å². The molecule has 1 amide bonds. The quantitative estimate of drug-likeness (QED) is 0.846. The zero-order valence-electron chi connectivity index (χ0n) is 10.8. The highest BCUT2D eigenvalue weighted by Crippen LogP contribution is 2.08. The van der Waals surface area contributed by atoms with Crippen molar-refractivity contribution < 1.29 is 14.7 Å². The molecule has 0 heterocycles. The van der Waals surface area contributed by atoms with E-state index in [1.807, 2.05) is 13.0 Å². The minimum Gasteiger partial charge on any atom is -0.481 e. The first-order valence-electron chi connectivity index (χ1n) is 6.09. The Balaban J connectivity index is 2.66. The number of carboxylic acid groups (broad SMARTS) is 1. The van der Waals surface area contributed by atoms with Crippen molar-refractivity contribution in [3.05, 3.63) is 35.4 Å². The lowest BCUT2D eigenvalue weighted by Gasteiger charge is -2.20. The fraction of sp³-hybridized carbons (Fsp3) is 0.357. The standard InChI is InChI=1S/C14H16N2O3/c1-2-16(9-3-4-13(17)18)14(19)12-7-5-11(10-15)6-8-12/h5-8H,2-4,9H2,1H3,(H,17,18). The number of carbonyl (C=O) groups is 2. The van der Waals surface area contributed by atoms with Crippen LogP contribution in [0.5, 0.6) is 0 Å². The smallest absolute Gasteiger partial charge is 0.303 e. The highest BCUT2D eigenvalue weighted by molar-refractivity contribution is 5.94. The molecule has 0 aromatic heterocycles. The van der Waals surface area contributed by atoms with Gasteiger partial charge in [-0.1, -0.05) is 0 Å². The van der Waals surface area contributed by atoms with Gasteiger partial charge in [0.1, 0.15) is 0 Å². The van der Waals surface area contributed by atoms with Crippen molar-refractivity contribution in [1.82, 2.24) is 4.90 Å². The predicted molar refractivity (Wildman–Crippen MR) is 69.6 cm³/mol. The Morgan fingerprint density at radius 3 is 2.42 bits per heavy atom. The number of rotatable bonds is 6. The molecule has 0 aliphatic heterocycles. The second-order valence-electron chi connectivity index (χ2n) is 4.07. The maximum atomic E-state index is 12.1. The number of hydrogen-bond acceptors (Lipinski definition) is 3. The molecule has 0 atom stereocenters. The third kappa shape index (κ3) is 4.43. The largest absolute Gasteiger partial charge is 0.481 e. The summed E-state index contributed by atoms with van der Waals surface area (Å²) >= 11 is 0. The van der Waals surface area contributed by atoms with Crippen LogP contribution in [0.2, 0.25) is 0 Å². The van der Waals surface area contributed by atoms with Crippen LogP contribution in [0.4, 0.5) is 0 Å². The Morgan fingerprint density at radius 1 is 1.32 bits per heavy atom. The monoisotopic (exact) mass is 260 g/mol. The van der Waals surface area contributed by atoms with Crippen molar-refractivity contribution in [1.29, 1.82) is 5.26 Å². The summed E-state index contributed by atoms with van der Waals surface area (Å²) in [6, 6.07) is 8.41. The molecule has 1 N–H and O–H groups in total. The van der Waals surface area contributed by atoms with Crippen LogP contribution in [-0.4, -0.2) is 35.0 Å². The Labute approximate surface area is 112 Å². The average molecular weight is 260 g/mol. The fourth-order valence-electron chi connectivity index (χ4n) is 1.69. The van der Waals surface area contributed by atoms with E-state index >= 15 is 0 Å². The minimum absolute atomic E-state index is 0.0527. The summed E-state index contributed by atoms with van der Waals surface area (Å²) in [5.74, 6) is -1.00. The normalized spacial score (nSPS) is 9.68. The van der Waals surface area contributed by atoms with Crippen LogP contribution in [0, 0.1) is 11.3 Å². The van der Waals surface area contributed by atoms with Crippen molar-refractivity contribution in [2.75, 3.05) is 13.1 Å². The number of carboxylic acids is 1. The summed E-state index contributed by atoms with van der Waals surface area (Å²) in [6.07, 6.45) is 0.488. The third-order valence-corrected chi connectivity index (χ3v) is 2.75. The number of amides is 1. The highest BCUT2D eigenvalue weighted by Gasteiger charge is 2.14. The van der Waals surface area contributed by atoms with Gasteiger partial charge < -0.3 is 10.0 Å². The van der Waals surface area contributed by atoms with Gasteiger partial charge in [0.25, 0.3) is 5.91 Å². The number of carbonyl (C=O) groups excluding carboxylic acids is 1. The van der Waals surface area contributed by atoms with Gasteiger partial charge in [0.05, 0.1) is 11.6 Å². The van der Waals surface area contributed by atoms with Crippen molar-refractivity contribution >= 4 is 11.9 Å². The van der Waals surface area contributed by atoms with Crippen molar-refractivity contribution in [2.45, 2.75) is 19.8 Å². The number of hydrogen-bond donors (Lipinski definition) is 1. The summed E-state index contributed by atoms with van der Waals surface area (Å²) in [4.78, 5) is 24.2. The first kappa shape index (κ1) is 14.7. The van der Waals surface area contributed by atoms with E-state index in [0.29, 0.717) is 30.6 Å². The van der Waals surface area contributed by atoms with E-state index in [4.69, 9.17) is 10.4 Å². The molecule has 0 fully saturated rings. The topological polar surface area (TPSA) is 81.4 Å². The minimum atomic E-state index is -0.859. The van der Waals surface area contributed by atoms with Crippen molar-refractivity contribution in [3.8, 4) is 6.07 Å². The molecule has 0 saturated heterocycles. The van der Waals surface area contributed by atoms with E-state index in [9.17, 15) is 9.59 Å². The molecule has 0 bridgehead atoms. The molecular formula is C14H16N2O3. The van der Waals surface area contributed by atoms with E-state index in [1.165, 1.54) is 0 Å². The molecule has 0 spiro atoms. The van der Waals surface area contributed by atoms with Crippen LogP contribution in [0.1, 0.15) is 35.7 Å². The van der Waals surface area contributed by atoms with Gasteiger partial charge in [-0.15, -0.1) is 0 Å². The summed E-state index contributed by atoms with van der Waals surface area (Å²) < 4.78 is 0. The van der Waals surface area contributed by atoms with E-state index < -0.39 is 5.97 Å². The van der Waals surface area contributed by atoms with Gasteiger partial charge in [-0.3, -0.25) is 9.59 Å². The zero-order chi connectivity index (χ0) is 14.3. The molecule has 5 nitrogen and oxygen atoms in total. The van der Waals surface area contributed by atoms with E-state index in [2.05, 4.69) is 0 Å². The first-order chi connectivity index (χ1) is 9.08. The molecule has 0 saturated carbocycles. The second-order valence-corrected chi connectivity index (χ2v) is 4.07. The third-order valence-electron chi connectivity index (χ3n) is 2.75. The maximum absolute atomic E-state index is 12.1. The molecule has 0 unspecified atom stereocenters. The lowest BCUT2D eigenvalue weighted by atomic mass is 10.1.